The Labute approximate surface area is 119 Å². The standard InChI is InChI=1S/C16H21NO3/c1-5-13-12(8-9-20-13)16(17-2)11-6-7-14(18-3)15(10-11)19-4/h6-10,16-17H,5H2,1-4H3. The van der Waals surface area contributed by atoms with Gasteiger partial charge in [0.25, 0.3) is 0 Å². The molecule has 4 heteroatoms. The fourth-order valence-corrected chi connectivity index (χ4v) is 2.43. The van der Waals surface area contributed by atoms with Crippen molar-refractivity contribution in [1.29, 1.82) is 0 Å². The van der Waals surface area contributed by atoms with Crippen molar-refractivity contribution in [3.63, 3.8) is 0 Å². The highest BCUT2D eigenvalue weighted by atomic mass is 16.5. The zero-order valence-corrected chi connectivity index (χ0v) is 12.4. The van der Waals surface area contributed by atoms with Gasteiger partial charge in [-0.2, -0.15) is 0 Å². The van der Waals surface area contributed by atoms with Gasteiger partial charge in [-0.1, -0.05) is 13.0 Å². The van der Waals surface area contributed by atoms with E-state index >= 15 is 0 Å². The van der Waals surface area contributed by atoms with Gasteiger partial charge < -0.3 is 19.2 Å². The van der Waals surface area contributed by atoms with E-state index < -0.39 is 0 Å². The third-order valence-electron chi connectivity index (χ3n) is 3.44. The molecule has 2 aromatic rings. The van der Waals surface area contributed by atoms with E-state index in [0.29, 0.717) is 0 Å². The summed E-state index contributed by atoms with van der Waals surface area (Å²) in [6.45, 7) is 2.09. The normalized spacial score (nSPS) is 12.2. The first kappa shape index (κ1) is 14.5. The fourth-order valence-electron chi connectivity index (χ4n) is 2.43. The molecule has 0 saturated heterocycles. The first-order chi connectivity index (χ1) is 9.74. The number of furan rings is 1. The summed E-state index contributed by atoms with van der Waals surface area (Å²) in [5.74, 6) is 2.46. The van der Waals surface area contributed by atoms with E-state index in [-0.39, 0.29) is 6.04 Å². The molecule has 20 heavy (non-hydrogen) atoms. The maximum atomic E-state index is 5.52. The van der Waals surface area contributed by atoms with Crippen molar-refractivity contribution in [2.45, 2.75) is 19.4 Å². The first-order valence-corrected chi connectivity index (χ1v) is 6.70. The van der Waals surface area contributed by atoms with Crippen molar-refractivity contribution in [1.82, 2.24) is 5.32 Å². The highest BCUT2D eigenvalue weighted by molar-refractivity contribution is 5.46. The van der Waals surface area contributed by atoms with Gasteiger partial charge in [0.2, 0.25) is 0 Å². The molecule has 0 aliphatic carbocycles. The van der Waals surface area contributed by atoms with Crippen LogP contribution >= 0.6 is 0 Å². The van der Waals surface area contributed by atoms with Gasteiger partial charge in [0.1, 0.15) is 5.76 Å². The average Bonchev–Trinajstić information content (AvgIpc) is 2.96. The number of nitrogens with one attached hydrogen (secondary N) is 1. The zero-order chi connectivity index (χ0) is 14.5. The number of ether oxygens (including phenoxy) is 2. The lowest BCUT2D eigenvalue weighted by Gasteiger charge is -2.18. The van der Waals surface area contributed by atoms with Crippen molar-refractivity contribution in [2.75, 3.05) is 21.3 Å². The van der Waals surface area contributed by atoms with Crippen LogP contribution in [0, 0.1) is 0 Å². The van der Waals surface area contributed by atoms with E-state index in [1.165, 1.54) is 0 Å². The lowest BCUT2D eigenvalue weighted by Crippen LogP contribution is -2.18. The van der Waals surface area contributed by atoms with Crippen molar-refractivity contribution in [2.24, 2.45) is 0 Å². The zero-order valence-electron chi connectivity index (χ0n) is 12.4. The van der Waals surface area contributed by atoms with Crippen LogP contribution in [0.1, 0.15) is 29.9 Å². The minimum Gasteiger partial charge on any atom is -0.493 e. The Balaban J connectivity index is 2.42. The molecular formula is C16H21NO3. The Morgan fingerprint density at radius 3 is 2.50 bits per heavy atom. The molecule has 1 aromatic heterocycles. The third-order valence-corrected chi connectivity index (χ3v) is 3.44. The van der Waals surface area contributed by atoms with Crippen molar-refractivity contribution in [3.05, 3.63) is 47.4 Å². The van der Waals surface area contributed by atoms with E-state index in [2.05, 4.69) is 12.2 Å². The molecule has 1 atom stereocenters. The van der Waals surface area contributed by atoms with E-state index in [9.17, 15) is 0 Å². The molecule has 1 aromatic carbocycles. The molecule has 2 rings (SSSR count). The molecule has 1 N–H and O–H groups in total. The van der Waals surface area contributed by atoms with Crippen LogP contribution in [0.5, 0.6) is 11.5 Å². The molecule has 1 heterocycles. The van der Waals surface area contributed by atoms with E-state index in [1.807, 2.05) is 31.3 Å². The van der Waals surface area contributed by atoms with Crippen LogP contribution in [-0.4, -0.2) is 21.3 Å². The van der Waals surface area contributed by atoms with Crippen LogP contribution in [0.25, 0.3) is 0 Å². The van der Waals surface area contributed by atoms with Gasteiger partial charge in [-0.05, 0) is 30.8 Å². The molecule has 0 aliphatic rings. The second kappa shape index (κ2) is 6.48. The topological polar surface area (TPSA) is 43.6 Å². The lowest BCUT2D eigenvalue weighted by atomic mass is 9.98. The highest BCUT2D eigenvalue weighted by Gasteiger charge is 2.19. The molecule has 0 saturated carbocycles. The smallest absolute Gasteiger partial charge is 0.161 e. The quantitative estimate of drug-likeness (QED) is 0.879. The van der Waals surface area contributed by atoms with Crippen LogP contribution in [0.3, 0.4) is 0 Å². The maximum absolute atomic E-state index is 5.52. The van der Waals surface area contributed by atoms with Crippen molar-refractivity contribution in [3.8, 4) is 11.5 Å². The van der Waals surface area contributed by atoms with E-state index in [0.717, 1.165) is 34.8 Å². The molecule has 4 nitrogen and oxygen atoms in total. The molecule has 0 spiro atoms. The maximum Gasteiger partial charge on any atom is 0.161 e. The Morgan fingerprint density at radius 2 is 1.90 bits per heavy atom. The van der Waals surface area contributed by atoms with E-state index in [4.69, 9.17) is 13.9 Å². The van der Waals surface area contributed by atoms with Crippen molar-refractivity contribution >= 4 is 0 Å². The molecule has 1 unspecified atom stereocenters. The molecule has 0 amide bonds. The summed E-state index contributed by atoms with van der Waals surface area (Å²) in [6, 6.07) is 8.03. The minimum absolute atomic E-state index is 0.0727. The van der Waals surface area contributed by atoms with Gasteiger partial charge in [0.15, 0.2) is 11.5 Å². The van der Waals surface area contributed by atoms with Crippen LogP contribution < -0.4 is 14.8 Å². The Hall–Kier alpha value is -1.94. The second-order valence-electron chi connectivity index (χ2n) is 4.49. The third kappa shape index (κ3) is 2.65. The van der Waals surface area contributed by atoms with Crippen molar-refractivity contribution < 1.29 is 13.9 Å². The number of methoxy groups -OCH3 is 2. The summed E-state index contributed by atoms with van der Waals surface area (Å²) in [6.07, 6.45) is 2.60. The Kier molecular flexibility index (Phi) is 4.69. The predicted octanol–water partition coefficient (Wildman–Crippen LogP) is 3.17. The number of benzene rings is 1. The summed E-state index contributed by atoms with van der Waals surface area (Å²) in [4.78, 5) is 0. The summed E-state index contributed by atoms with van der Waals surface area (Å²) < 4.78 is 16.2. The van der Waals surface area contributed by atoms with Gasteiger partial charge in [-0.15, -0.1) is 0 Å². The number of aryl methyl sites for hydroxylation is 1. The minimum atomic E-state index is 0.0727. The SMILES string of the molecule is CCc1occc1C(NC)c1ccc(OC)c(OC)c1. The lowest BCUT2D eigenvalue weighted by molar-refractivity contribution is 0.354. The van der Waals surface area contributed by atoms with Crippen LogP contribution in [0.2, 0.25) is 0 Å². The van der Waals surface area contributed by atoms with Gasteiger partial charge in [0, 0.05) is 12.0 Å². The summed E-state index contributed by atoms with van der Waals surface area (Å²) in [7, 11) is 5.22. The Morgan fingerprint density at radius 1 is 1.15 bits per heavy atom. The van der Waals surface area contributed by atoms with Gasteiger partial charge >= 0.3 is 0 Å². The molecule has 0 bridgehead atoms. The summed E-state index contributed by atoms with van der Waals surface area (Å²) in [5.41, 5.74) is 2.27. The molecular weight excluding hydrogens is 254 g/mol. The summed E-state index contributed by atoms with van der Waals surface area (Å²) >= 11 is 0. The van der Waals surface area contributed by atoms with Gasteiger partial charge in [-0.25, -0.2) is 0 Å². The second-order valence-corrected chi connectivity index (χ2v) is 4.49. The van der Waals surface area contributed by atoms with Gasteiger partial charge in [0.05, 0.1) is 26.5 Å². The number of hydrogen-bond donors (Lipinski definition) is 1. The van der Waals surface area contributed by atoms with Crippen LogP contribution in [-0.2, 0) is 6.42 Å². The molecule has 0 aliphatic heterocycles. The number of hydrogen-bond acceptors (Lipinski definition) is 4. The highest BCUT2D eigenvalue weighted by Crippen LogP contribution is 2.33. The Bertz CT molecular complexity index is 563. The van der Waals surface area contributed by atoms with Crippen LogP contribution in [0.15, 0.2) is 34.9 Å². The summed E-state index contributed by atoms with van der Waals surface area (Å²) in [5, 5.41) is 3.33. The molecule has 0 fully saturated rings. The van der Waals surface area contributed by atoms with E-state index in [1.54, 1.807) is 20.5 Å². The van der Waals surface area contributed by atoms with Gasteiger partial charge in [-0.3, -0.25) is 0 Å². The van der Waals surface area contributed by atoms with Crippen LogP contribution in [0.4, 0.5) is 0 Å². The number of rotatable bonds is 6. The fraction of sp³-hybridized carbons (Fsp3) is 0.375. The molecule has 0 radical (unpaired) electrons. The predicted molar refractivity (Wildman–Crippen MR) is 78.5 cm³/mol. The largest absolute Gasteiger partial charge is 0.493 e. The monoisotopic (exact) mass is 275 g/mol. The first-order valence-electron chi connectivity index (χ1n) is 6.70. The molecule has 108 valence electrons. The average molecular weight is 275 g/mol.